The van der Waals surface area contributed by atoms with E-state index in [1.165, 1.54) is 5.56 Å². The second-order valence-corrected chi connectivity index (χ2v) is 8.84. The number of amides is 1. The Labute approximate surface area is 170 Å². The van der Waals surface area contributed by atoms with Crippen LogP contribution >= 0.6 is 11.3 Å². The molecule has 0 aliphatic carbocycles. The number of rotatable bonds is 4. The molecule has 2 N–H and O–H groups in total. The summed E-state index contributed by atoms with van der Waals surface area (Å²) in [6.07, 6.45) is -0.229. The largest absolute Gasteiger partial charge is 0.444 e. The summed E-state index contributed by atoms with van der Waals surface area (Å²) in [6.45, 7) is 9.50. The van der Waals surface area contributed by atoms with Crippen molar-refractivity contribution in [3.63, 3.8) is 0 Å². The highest BCUT2D eigenvalue weighted by Crippen LogP contribution is 2.19. The predicted molar refractivity (Wildman–Crippen MR) is 114 cm³/mol. The van der Waals surface area contributed by atoms with Gasteiger partial charge in [-0.05, 0) is 49.9 Å². The van der Waals surface area contributed by atoms with Crippen molar-refractivity contribution >= 4 is 29.0 Å². The molecule has 150 valence electrons. The first-order valence-corrected chi connectivity index (χ1v) is 10.4. The average Bonchev–Trinajstić information content (AvgIpc) is 3.16. The second-order valence-electron chi connectivity index (χ2n) is 7.89. The summed E-state index contributed by atoms with van der Waals surface area (Å²) in [7, 11) is 0. The molecule has 0 radical (unpaired) electrons. The van der Waals surface area contributed by atoms with E-state index in [1.807, 2.05) is 50.4 Å². The Morgan fingerprint density at radius 3 is 2.57 bits per heavy atom. The zero-order chi connectivity index (χ0) is 20.1. The molecule has 1 aromatic heterocycles. The van der Waals surface area contributed by atoms with Crippen molar-refractivity contribution in [3.8, 4) is 0 Å². The molecular formula is C21H28N4O2S. The van der Waals surface area contributed by atoms with Crippen LogP contribution in [-0.2, 0) is 11.3 Å². The lowest BCUT2D eigenvalue weighted by Gasteiger charge is -2.35. The van der Waals surface area contributed by atoms with Gasteiger partial charge in [0.2, 0.25) is 0 Å². The molecule has 7 heteroatoms. The standard InChI is InChI=1S/C21H28N4O2S/c1-21(2,3)27-20(26)25-11-9-24(10-12-25)15-16-6-4-7-17(14-16)23-19(22)18-8-5-13-28-18/h4-8,13-14H,9-12,15H2,1-3H3,(H2,22,23). The topological polar surface area (TPSA) is 71.2 Å². The number of benzene rings is 1. The number of nitrogens with zero attached hydrogens (tertiary/aromatic N) is 3. The Morgan fingerprint density at radius 2 is 1.93 bits per heavy atom. The summed E-state index contributed by atoms with van der Waals surface area (Å²) in [6, 6.07) is 12.1. The molecule has 1 saturated heterocycles. The number of hydrogen-bond donors (Lipinski definition) is 1. The Hall–Kier alpha value is -2.38. The van der Waals surface area contributed by atoms with E-state index in [4.69, 9.17) is 10.5 Å². The van der Waals surface area contributed by atoms with Gasteiger partial charge in [0.05, 0.1) is 10.6 Å². The number of hydrogen-bond acceptors (Lipinski definition) is 5. The van der Waals surface area contributed by atoms with Crippen LogP contribution in [0, 0.1) is 0 Å². The van der Waals surface area contributed by atoms with Crippen molar-refractivity contribution in [2.45, 2.75) is 32.9 Å². The van der Waals surface area contributed by atoms with Crippen molar-refractivity contribution in [2.75, 3.05) is 26.2 Å². The molecule has 1 aliphatic rings. The lowest BCUT2D eigenvalue weighted by atomic mass is 10.1. The molecule has 2 heterocycles. The monoisotopic (exact) mass is 400 g/mol. The number of carbonyl (C=O) groups is 1. The molecule has 0 saturated carbocycles. The van der Waals surface area contributed by atoms with E-state index in [9.17, 15) is 4.79 Å². The molecule has 1 aliphatic heterocycles. The van der Waals surface area contributed by atoms with Gasteiger partial charge in [0.1, 0.15) is 11.4 Å². The third kappa shape index (κ3) is 5.81. The summed E-state index contributed by atoms with van der Waals surface area (Å²) < 4.78 is 5.46. The Balaban J connectivity index is 1.56. The van der Waals surface area contributed by atoms with Gasteiger partial charge in [-0.15, -0.1) is 11.3 Å². The van der Waals surface area contributed by atoms with Crippen molar-refractivity contribution in [1.29, 1.82) is 0 Å². The van der Waals surface area contributed by atoms with Crippen LogP contribution in [0.5, 0.6) is 0 Å². The van der Waals surface area contributed by atoms with E-state index < -0.39 is 5.60 Å². The van der Waals surface area contributed by atoms with E-state index in [1.54, 1.807) is 16.2 Å². The number of thiophene rings is 1. The van der Waals surface area contributed by atoms with Gasteiger partial charge in [-0.25, -0.2) is 9.79 Å². The molecule has 0 atom stereocenters. The molecule has 3 rings (SSSR count). The molecular weight excluding hydrogens is 372 g/mol. The van der Waals surface area contributed by atoms with Crippen LogP contribution in [0.4, 0.5) is 10.5 Å². The van der Waals surface area contributed by atoms with Gasteiger partial charge in [0.25, 0.3) is 0 Å². The first-order valence-electron chi connectivity index (χ1n) is 9.47. The van der Waals surface area contributed by atoms with Gasteiger partial charge in [0, 0.05) is 32.7 Å². The summed E-state index contributed by atoms with van der Waals surface area (Å²) >= 11 is 1.58. The van der Waals surface area contributed by atoms with E-state index in [0.717, 1.165) is 30.2 Å². The Morgan fingerprint density at radius 1 is 1.18 bits per heavy atom. The average molecular weight is 401 g/mol. The third-order valence-electron chi connectivity index (χ3n) is 4.36. The van der Waals surface area contributed by atoms with Crippen LogP contribution in [-0.4, -0.2) is 53.5 Å². The number of ether oxygens (including phenoxy) is 1. The van der Waals surface area contributed by atoms with E-state index in [0.29, 0.717) is 18.9 Å². The van der Waals surface area contributed by atoms with Crippen molar-refractivity contribution in [2.24, 2.45) is 10.7 Å². The zero-order valence-corrected chi connectivity index (χ0v) is 17.5. The quantitative estimate of drug-likeness (QED) is 0.625. The van der Waals surface area contributed by atoms with Gasteiger partial charge in [-0.2, -0.15) is 0 Å². The van der Waals surface area contributed by atoms with Gasteiger partial charge in [-0.1, -0.05) is 18.2 Å². The molecule has 6 nitrogen and oxygen atoms in total. The molecule has 0 bridgehead atoms. The highest BCUT2D eigenvalue weighted by Gasteiger charge is 2.25. The van der Waals surface area contributed by atoms with Crippen LogP contribution in [0.1, 0.15) is 31.2 Å². The SMILES string of the molecule is CC(C)(C)OC(=O)N1CCN(Cc2cccc(/N=C(\N)c3cccs3)c2)CC1. The van der Waals surface area contributed by atoms with Gasteiger partial charge in [-0.3, -0.25) is 4.90 Å². The van der Waals surface area contributed by atoms with Crippen LogP contribution in [0.25, 0.3) is 0 Å². The third-order valence-corrected chi connectivity index (χ3v) is 5.26. The maximum Gasteiger partial charge on any atom is 0.410 e. The molecule has 2 aromatic rings. The van der Waals surface area contributed by atoms with Crippen molar-refractivity contribution in [1.82, 2.24) is 9.80 Å². The lowest BCUT2D eigenvalue weighted by Crippen LogP contribution is -2.49. The van der Waals surface area contributed by atoms with Crippen molar-refractivity contribution < 1.29 is 9.53 Å². The second kappa shape index (κ2) is 8.75. The van der Waals surface area contributed by atoms with Crippen LogP contribution in [0.15, 0.2) is 46.8 Å². The fourth-order valence-electron chi connectivity index (χ4n) is 3.02. The maximum absolute atomic E-state index is 12.2. The van der Waals surface area contributed by atoms with E-state index in [2.05, 4.69) is 22.0 Å². The number of piperazine rings is 1. The van der Waals surface area contributed by atoms with Crippen molar-refractivity contribution in [3.05, 3.63) is 52.2 Å². The van der Waals surface area contributed by atoms with Gasteiger partial charge >= 0.3 is 6.09 Å². The zero-order valence-electron chi connectivity index (χ0n) is 16.7. The minimum absolute atomic E-state index is 0.229. The van der Waals surface area contributed by atoms with Gasteiger partial charge < -0.3 is 15.4 Å². The predicted octanol–water partition coefficient (Wildman–Crippen LogP) is 3.84. The fourth-order valence-corrected chi connectivity index (χ4v) is 3.64. The summed E-state index contributed by atoms with van der Waals surface area (Å²) in [5.41, 5.74) is 7.68. The van der Waals surface area contributed by atoms with Crippen LogP contribution in [0.2, 0.25) is 0 Å². The van der Waals surface area contributed by atoms with Crippen LogP contribution < -0.4 is 5.73 Å². The molecule has 1 fully saturated rings. The van der Waals surface area contributed by atoms with E-state index in [-0.39, 0.29) is 6.09 Å². The highest BCUT2D eigenvalue weighted by atomic mass is 32.1. The Kier molecular flexibility index (Phi) is 6.36. The fraction of sp³-hybridized carbons (Fsp3) is 0.429. The smallest absolute Gasteiger partial charge is 0.410 e. The number of amidine groups is 1. The number of carbonyl (C=O) groups excluding carboxylic acids is 1. The molecule has 28 heavy (non-hydrogen) atoms. The summed E-state index contributed by atoms with van der Waals surface area (Å²) in [4.78, 5) is 21.8. The summed E-state index contributed by atoms with van der Waals surface area (Å²) in [5.74, 6) is 0.540. The van der Waals surface area contributed by atoms with Crippen LogP contribution in [0.3, 0.4) is 0 Å². The highest BCUT2D eigenvalue weighted by molar-refractivity contribution is 7.12. The van der Waals surface area contributed by atoms with Gasteiger partial charge in [0.15, 0.2) is 0 Å². The first-order chi connectivity index (χ1) is 13.3. The summed E-state index contributed by atoms with van der Waals surface area (Å²) in [5, 5.41) is 1.99. The number of aliphatic imine (C=N–C) groups is 1. The maximum atomic E-state index is 12.2. The molecule has 1 amide bonds. The molecule has 0 unspecified atom stereocenters. The minimum Gasteiger partial charge on any atom is -0.444 e. The lowest BCUT2D eigenvalue weighted by molar-refractivity contribution is 0.0139. The first kappa shape index (κ1) is 20.4. The van der Waals surface area contributed by atoms with E-state index >= 15 is 0 Å². The number of nitrogens with two attached hydrogens (primary N) is 1. The minimum atomic E-state index is -0.458. The normalized spacial score (nSPS) is 16.2. The Bertz CT molecular complexity index is 819. The molecule has 1 aromatic carbocycles. The molecule has 0 spiro atoms.